The molecule has 0 bridgehead atoms. The Kier molecular flexibility index (Phi) is 4.59. The van der Waals surface area contributed by atoms with Gasteiger partial charge in [0.05, 0.1) is 11.4 Å². The zero-order valence-electron chi connectivity index (χ0n) is 16.2. The molecule has 2 saturated heterocycles. The fraction of sp³-hybridized carbons (Fsp3) is 0.727. The summed E-state index contributed by atoms with van der Waals surface area (Å²) in [5.41, 5.74) is 5.22. The molecule has 3 aliphatic rings. The van der Waals surface area contributed by atoms with Crippen molar-refractivity contribution in [2.24, 2.45) is 0 Å². The number of hydrogen-bond acceptors (Lipinski definition) is 3. The van der Waals surface area contributed by atoms with Crippen LogP contribution < -0.4 is 9.80 Å². The van der Waals surface area contributed by atoms with Crippen molar-refractivity contribution in [3.63, 3.8) is 0 Å². The molecule has 3 atom stereocenters. The summed E-state index contributed by atoms with van der Waals surface area (Å²) < 4.78 is 0. The number of anilines is 2. The largest absolute Gasteiger partial charge is 0.504 e. The number of aromatic hydroxyl groups is 1. The van der Waals surface area contributed by atoms with Crippen molar-refractivity contribution >= 4 is 11.4 Å². The van der Waals surface area contributed by atoms with E-state index in [0.717, 1.165) is 25.2 Å². The van der Waals surface area contributed by atoms with Gasteiger partial charge in [0, 0.05) is 25.2 Å². The molecule has 2 fully saturated rings. The van der Waals surface area contributed by atoms with Gasteiger partial charge >= 0.3 is 0 Å². The first-order valence-electron chi connectivity index (χ1n) is 10.5. The highest BCUT2D eigenvalue weighted by atomic mass is 16.3. The Labute approximate surface area is 153 Å². The Bertz CT molecular complexity index is 641. The summed E-state index contributed by atoms with van der Waals surface area (Å²) in [6.45, 7) is 9.18. The molecule has 3 heteroatoms. The molecule has 2 aliphatic heterocycles. The van der Waals surface area contributed by atoms with E-state index in [9.17, 15) is 5.11 Å². The summed E-state index contributed by atoms with van der Waals surface area (Å²) in [6, 6.07) is 3.40. The Balaban J connectivity index is 1.83. The van der Waals surface area contributed by atoms with Gasteiger partial charge in [-0.25, -0.2) is 0 Å². The van der Waals surface area contributed by atoms with E-state index < -0.39 is 0 Å². The van der Waals surface area contributed by atoms with Crippen LogP contribution in [-0.2, 0) is 6.42 Å². The maximum Gasteiger partial charge on any atom is 0.162 e. The molecule has 3 unspecified atom stereocenters. The van der Waals surface area contributed by atoms with Crippen molar-refractivity contribution < 1.29 is 5.11 Å². The first-order chi connectivity index (χ1) is 12.1. The fourth-order valence-electron chi connectivity index (χ4n) is 5.34. The van der Waals surface area contributed by atoms with E-state index in [1.807, 2.05) is 0 Å². The Hall–Kier alpha value is -1.38. The number of rotatable bonds is 2. The quantitative estimate of drug-likeness (QED) is 0.800. The molecule has 0 radical (unpaired) electrons. The summed E-state index contributed by atoms with van der Waals surface area (Å²) in [5, 5.41) is 11.4. The van der Waals surface area contributed by atoms with Gasteiger partial charge in [0.25, 0.3) is 0 Å². The minimum atomic E-state index is 0.529. The van der Waals surface area contributed by atoms with E-state index in [4.69, 9.17) is 0 Å². The molecule has 0 saturated carbocycles. The molecule has 0 spiro atoms. The van der Waals surface area contributed by atoms with Crippen LogP contribution in [0.15, 0.2) is 6.07 Å². The van der Waals surface area contributed by atoms with Crippen molar-refractivity contribution in [3.8, 4) is 5.75 Å². The average molecular weight is 343 g/mol. The molecule has 4 rings (SSSR count). The lowest BCUT2D eigenvalue weighted by atomic mass is 9.95. The van der Waals surface area contributed by atoms with Crippen molar-refractivity contribution in [3.05, 3.63) is 17.2 Å². The van der Waals surface area contributed by atoms with Gasteiger partial charge in [-0.1, -0.05) is 6.92 Å². The number of phenolic OH excluding ortho intramolecular Hbond substituents is 1. The molecule has 2 heterocycles. The van der Waals surface area contributed by atoms with Crippen LogP contribution >= 0.6 is 0 Å². The predicted octanol–water partition coefficient (Wildman–Crippen LogP) is 5.20. The SMILES string of the molecule is CC1CCc2c1cc(N1CCCCC1C)c(O)c2N1CCCCC1C. The van der Waals surface area contributed by atoms with Gasteiger partial charge in [0.15, 0.2) is 5.75 Å². The summed E-state index contributed by atoms with van der Waals surface area (Å²) in [7, 11) is 0. The number of fused-ring (bicyclic) bond motifs is 1. The lowest BCUT2D eigenvalue weighted by molar-refractivity contribution is 0.438. The smallest absolute Gasteiger partial charge is 0.162 e. The molecule has 0 aromatic heterocycles. The zero-order valence-corrected chi connectivity index (χ0v) is 16.2. The number of phenols is 1. The highest BCUT2D eigenvalue weighted by Crippen LogP contribution is 2.50. The van der Waals surface area contributed by atoms with Crippen LogP contribution in [-0.4, -0.2) is 30.3 Å². The topological polar surface area (TPSA) is 26.7 Å². The zero-order chi connectivity index (χ0) is 17.6. The molecule has 138 valence electrons. The second kappa shape index (κ2) is 6.74. The molecule has 1 aromatic rings. The first-order valence-corrected chi connectivity index (χ1v) is 10.5. The van der Waals surface area contributed by atoms with E-state index in [2.05, 4.69) is 36.6 Å². The van der Waals surface area contributed by atoms with Crippen LogP contribution in [0, 0.1) is 0 Å². The van der Waals surface area contributed by atoms with Gasteiger partial charge in [-0.05, 0) is 88.3 Å². The van der Waals surface area contributed by atoms with Gasteiger partial charge in [-0.15, -0.1) is 0 Å². The minimum Gasteiger partial charge on any atom is -0.504 e. The Morgan fingerprint density at radius 3 is 2.16 bits per heavy atom. The van der Waals surface area contributed by atoms with E-state index >= 15 is 0 Å². The van der Waals surface area contributed by atoms with Crippen LogP contribution in [0.2, 0.25) is 0 Å². The van der Waals surface area contributed by atoms with Crippen molar-refractivity contribution in [1.82, 2.24) is 0 Å². The molecule has 1 aromatic carbocycles. The molecule has 3 nitrogen and oxygen atoms in total. The summed E-state index contributed by atoms with van der Waals surface area (Å²) in [6.07, 6.45) is 9.96. The predicted molar refractivity (Wildman–Crippen MR) is 106 cm³/mol. The Morgan fingerprint density at radius 2 is 1.52 bits per heavy atom. The van der Waals surface area contributed by atoms with Crippen LogP contribution in [0.3, 0.4) is 0 Å². The molecule has 25 heavy (non-hydrogen) atoms. The van der Waals surface area contributed by atoms with E-state index in [0.29, 0.717) is 23.8 Å². The summed E-state index contributed by atoms with van der Waals surface area (Å²) in [5.74, 6) is 1.18. The van der Waals surface area contributed by atoms with Gasteiger partial charge in [0.2, 0.25) is 0 Å². The third-order valence-corrected chi connectivity index (χ3v) is 6.95. The van der Waals surface area contributed by atoms with Gasteiger partial charge in [0.1, 0.15) is 0 Å². The number of benzene rings is 1. The third-order valence-electron chi connectivity index (χ3n) is 6.95. The van der Waals surface area contributed by atoms with E-state index in [-0.39, 0.29) is 0 Å². The lowest BCUT2D eigenvalue weighted by Gasteiger charge is -2.40. The second-order valence-corrected chi connectivity index (χ2v) is 8.68. The van der Waals surface area contributed by atoms with Crippen LogP contribution in [0.25, 0.3) is 0 Å². The third kappa shape index (κ3) is 2.90. The molecule has 1 aliphatic carbocycles. The first kappa shape index (κ1) is 17.1. The van der Waals surface area contributed by atoms with Crippen LogP contribution in [0.4, 0.5) is 11.4 Å². The molecule has 1 N–H and O–H groups in total. The van der Waals surface area contributed by atoms with E-state index in [1.165, 1.54) is 61.8 Å². The van der Waals surface area contributed by atoms with E-state index in [1.54, 1.807) is 0 Å². The molecule has 0 amide bonds. The Morgan fingerprint density at radius 1 is 0.880 bits per heavy atom. The number of nitrogens with zero attached hydrogens (tertiary/aromatic N) is 2. The minimum absolute atomic E-state index is 0.529. The molecular weight excluding hydrogens is 308 g/mol. The van der Waals surface area contributed by atoms with Gasteiger partial charge in [-0.2, -0.15) is 0 Å². The monoisotopic (exact) mass is 342 g/mol. The lowest BCUT2D eigenvalue weighted by Crippen LogP contribution is -2.40. The number of hydrogen-bond donors (Lipinski definition) is 1. The van der Waals surface area contributed by atoms with Gasteiger partial charge < -0.3 is 14.9 Å². The van der Waals surface area contributed by atoms with Crippen LogP contribution in [0.1, 0.15) is 82.8 Å². The highest BCUT2D eigenvalue weighted by molar-refractivity contribution is 5.79. The standard InChI is InChI=1S/C22H34N2O/c1-15-10-11-18-19(15)14-20(23-12-6-4-8-16(23)2)22(25)21(18)24-13-7-5-9-17(24)3/h14-17,25H,4-13H2,1-3H3. The fourth-order valence-corrected chi connectivity index (χ4v) is 5.34. The van der Waals surface area contributed by atoms with Crippen molar-refractivity contribution in [1.29, 1.82) is 0 Å². The van der Waals surface area contributed by atoms with Crippen molar-refractivity contribution in [2.45, 2.75) is 90.1 Å². The normalized spacial score (nSPS) is 29.8. The average Bonchev–Trinajstić information content (AvgIpc) is 2.97. The maximum absolute atomic E-state index is 11.4. The summed E-state index contributed by atoms with van der Waals surface area (Å²) in [4.78, 5) is 5.00. The van der Waals surface area contributed by atoms with Crippen LogP contribution in [0.5, 0.6) is 5.75 Å². The maximum atomic E-state index is 11.4. The second-order valence-electron chi connectivity index (χ2n) is 8.68. The summed E-state index contributed by atoms with van der Waals surface area (Å²) >= 11 is 0. The van der Waals surface area contributed by atoms with Crippen molar-refractivity contribution in [2.75, 3.05) is 22.9 Å². The highest BCUT2D eigenvalue weighted by Gasteiger charge is 2.33. The molecular formula is C22H34N2O. The number of piperidine rings is 2. The van der Waals surface area contributed by atoms with Gasteiger partial charge in [-0.3, -0.25) is 0 Å².